The lowest BCUT2D eigenvalue weighted by atomic mass is 9.94. The smallest absolute Gasteiger partial charge is 0.321 e. The molecule has 88 heavy (non-hydrogen) atoms. The fourth-order valence-corrected chi connectivity index (χ4v) is 11.0. The lowest BCUT2D eigenvalue weighted by Gasteiger charge is -2.28. The average molecular weight is 1240 g/mol. The fourth-order valence-electron chi connectivity index (χ4n) is 9.95. The second-order valence-electron chi connectivity index (χ2n) is 22.2. The van der Waals surface area contributed by atoms with Gasteiger partial charge in [0.2, 0.25) is 10.0 Å². The SMILES string of the molecule is CC(C)(C)OC(=O)CNS(=O)(=O)c1cc2c(O)c(c1)C(=O)NCCN1CCNC(=O)c3cccc(c3O)C(=O)NCCC(/C=C/C3CCNC(=O)c4cccc(c4O)C(=O)NCCN(CCNC(=O)c4cccc(c4O)C(=O)NCC3)CC1)CCNC2=O. The highest BCUT2D eigenvalue weighted by Crippen LogP contribution is 2.29. The summed E-state index contributed by atoms with van der Waals surface area (Å²) in [5.41, 5.74) is -3.31. The van der Waals surface area contributed by atoms with Crippen molar-refractivity contribution < 1.29 is 76.7 Å². The maximum absolute atomic E-state index is 14.2. The van der Waals surface area contributed by atoms with Crippen LogP contribution in [0.4, 0.5) is 0 Å². The largest absolute Gasteiger partial charge is 0.506 e. The van der Waals surface area contributed by atoms with Crippen LogP contribution in [0.25, 0.3) is 0 Å². The number of hydrogen-bond acceptors (Lipinski definition) is 18. The Hall–Kier alpha value is -9.12. The molecule has 4 aromatic carbocycles. The highest BCUT2D eigenvalue weighted by molar-refractivity contribution is 7.89. The van der Waals surface area contributed by atoms with Crippen LogP contribution in [-0.4, -0.2) is 196 Å². The van der Waals surface area contributed by atoms with E-state index in [9.17, 15) is 72.0 Å². The Morgan fingerprint density at radius 3 is 1.00 bits per heavy atom. The topological polar surface area (TPSA) is 393 Å². The van der Waals surface area contributed by atoms with Crippen molar-refractivity contribution in [3.63, 3.8) is 0 Å². The first-order chi connectivity index (χ1) is 41.9. The molecular weight excluding hydrogens is 1160 g/mol. The number of sulfonamides is 1. The van der Waals surface area contributed by atoms with Crippen molar-refractivity contribution in [2.45, 2.75) is 57.0 Å². The summed E-state index contributed by atoms with van der Waals surface area (Å²) in [4.78, 5) is 127. The lowest BCUT2D eigenvalue weighted by Crippen LogP contribution is -2.46. The molecule has 27 nitrogen and oxygen atoms in total. The summed E-state index contributed by atoms with van der Waals surface area (Å²) < 4.78 is 35.2. The van der Waals surface area contributed by atoms with Crippen molar-refractivity contribution in [3.05, 3.63) is 123 Å². The Morgan fingerprint density at radius 1 is 0.455 bits per heavy atom. The molecule has 2 unspecified atom stereocenters. The molecule has 4 aliphatic rings. The number of carbonyl (C=O) groups excluding carboxylic acids is 9. The third-order valence-corrected chi connectivity index (χ3v) is 16.1. The van der Waals surface area contributed by atoms with Crippen LogP contribution in [0.2, 0.25) is 0 Å². The van der Waals surface area contributed by atoms with Crippen LogP contribution < -0.4 is 47.3 Å². The number of rotatable bonds is 4. The molecule has 0 spiro atoms. The van der Waals surface area contributed by atoms with Crippen LogP contribution in [0.15, 0.2) is 83.8 Å². The minimum absolute atomic E-state index is 0.00385. The second kappa shape index (κ2) is 30.5. The van der Waals surface area contributed by atoms with E-state index in [1.165, 1.54) is 54.6 Å². The maximum Gasteiger partial charge on any atom is 0.321 e. The van der Waals surface area contributed by atoms with Crippen molar-refractivity contribution in [1.29, 1.82) is 0 Å². The maximum atomic E-state index is 14.2. The quantitative estimate of drug-likeness (QED) is 0.100. The Kier molecular flexibility index (Phi) is 23.0. The first-order valence-corrected chi connectivity index (χ1v) is 30.3. The molecule has 0 radical (unpaired) electrons. The van der Waals surface area contributed by atoms with E-state index in [0.29, 0.717) is 0 Å². The Labute approximate surface area is 508 Å². The minimum atomic E-state index is -4.71. The molecule has 472 valence electrons. The normalized spacial score (nSPS) is 21.0. The van der Waals surface area contributed by atoms with Crippen molar-refractivity contribution in [2.24, 2.45) is 11.8 Å². The summed E-state index contributed by atoms with van der Waals surface area (Å²) in [7, 11) is -4.71. The molecule has 0 fully saturated rings. The zero-order valence-electron chi connectivity index (χ0n) is 49.1. The number of phenols is 4. The zero-order chi connectivity index (χ0) is 63.7. The van der Waals surface area contributed by atoms with E-state index >= 15 is 0 Å². The summed E-state index contributed by atoms with van der Waals surface area (Å²) in [5.74, 6) is -10.7. The Balaban J connectivity index is 1.33. The van der Waals surface area contributed by atoms with E-state index in [1.807, 2.05) is 4.90 Å². The van der Waals surface area contributed by atoms with E-state index in [1.54, 1.807) is 37.8 Å². The Bertz CT molecular complexity index is 3350. The number of amides is 8. The number of fused-ring (bicyclic) bond motifs is 15. The van der Waals surface area contributed by atoms with Gasteiger partial charge in [-0.3, -0.25) is 53.0 Å². The number of para-hydroxylation sites is 3. The number of esters is 1. The van der Waals surface area contributed by atoms with Gasteiger partial charge in [0.05, 0.1) is 49.4 Å². The summed E-state index contributed by atoms with van der Waals surface area (Å²) in [6, 6.07) is 14.2. The number of hydrogen-bond donors (Lipinski definition) is 13. The third kappa shape index (κ3) is 18.2. The van der Waals surface area contributed by atoms with E-state index in [0.717, 1.165) is 12.1 Å². The molecule has 0 aliphatic carbocycles. The van der Waals surface area contributed by atoms with Gasteiger partial charge in [0, 0.05) is 91.6 Å². The van der Waals surface area contributed by atoms with Gasteiger partial charge in [-0.2, -0.15) is 4.72 Å². The predicted octanol–water partition coefficient (Wildman–Crippen LogP) is 1.06. The summed E-state index contributed by atoms with van der Waals surface area (Å²) in [5, 5.41) is 67.8. The van der Waals surface area contributed by atoms with Crippen LogP contribution in [0.3, 0.4) is 0 Å². The number of ether oxygens (including phenoxy) is 1. The number of phenolic OH excluding ortho intramolecular Hbond substituents is 4. The molecule has 12 bridgehead atoms. The summed E-state index contributed by atoms with van der Waals surface area (Å²) in [6.45, 7) is 3.88. The van der Waals surface area contributed by atoms with Gasteiger partial charge in [-0.05, 0) is 107 Å². The monoisotopic (exact) mass is 1240 g/mol. The van der Waals surface area contributed by atoms with Gasteiger partial charge in [-0.1, -0.05) is 30.4 Å². The van der Waals surface area contributed by atoms with E-state index in [4.69, 9.17) is 4.74 Å². The molecule has 4 aromatic rings. The molecule has 8 amide bonds. The standard InChI is InChI=1S/C60H75N11O16S/c1-60(2,3)87-47(72)35-69-88(85,86)38-33-45-51(76)46(34-38)59(84)68-26-30-71-29-25-67-57(82)44-12-6-9-41(50(44)75)54(79)63-21-17-37(18-22-64-58(45)83)14-13-36-15-19-61-52(77)39-7-4-10-42(48(39)73)55(80)65-23-27-70(31-32-71)28-24-66-56(81)43-11-5-8-40(49(43)74)53(78)62-20-16-36/h4-14,33-34,36-37,69,73-76H,15-32,35H2,1-3H3,(H,61,77)(H,62,78)(H,63,79)(H,64,83)(H,65,80)(H,66,81)(H,67,82)(H,68,84)/b14-13+. The average Bonchev–Trinajstić information content (AvgIpc) is 2.08. The molecule has 0 saturated heterocycles. The van der Waals surface area contributed by atoms with Gasteiger partial charge in [0.1, 0.15) is 35.1 Å². The molecule has 13 N–H and O–H groups in total. The number of carbonyl (C=O) groups is 9. The van der Waals surface area contributed by atoms with Crippen LogP contribution in [0.5, 0.6) is 23.0 Å². The van der Waals surface area contributed by atoms with Gasteiger partial charge < -0.3 is 67.7 Å². The van der Waals surface area contributed by atoms with E-state index < -0.39 is 126 Å². The van der Waals surface area contributed by atoms with Gasteiger partial charge in [0.15, 0.2) is 0 Å². The fraction of sp³-hybridized carbons (Fsp3) is 0.417. The molecule has 4 heterocycles. The third-order valence-electron chi connectivity index (χ3n) is 14.7. The second-order valence-corrected chi connectivity index (χ2v) is 23.9. The minimum Gasteiger partial charge on any atom is -0.506 e. The molecule has 0 saturated carbocycles. The van der Waals surface area contributed by atoms with Gasteiger partial charge in [-0.15, -0.1) is 0 Å². The van der Waals surface area contributed by atoms with Crippen molar-refractivity contribution in [3.8, 4) is 23.0 Å². The first-order valence-electron chi connectivity index (χ1n) is 28.8. The van der Waals surface area contributed by atoms with Crippen LogP contribution in [0, 0.1) is 11.8 Å². The zero-order valence-corrected chi connectivity index (χ0v) is 49.9. The predicted molar refractivity (Wildman–Crippen MR) is 320 cm³/mol. The molecular formula is C60H75N11O16S. The van der Waals surface area contributed by atoms with Crippen LogP contribution in [-0.2, 0) is 19.6 Å². The van der Waals surface area contributed by atoms with Crippen molar-refractivity contribution in [1.82, 2.24) is 57.1 Å². The highest BCUT2D eigenvalue weighted by atomic mass is 32.2. The van der Waals surface area contributed by atoms with E-state index in [-0.39, 0.29) is 151 Å². The van der Waals surface area contributed by atoms with Crippen LogP contribution in [0.1, 0.15) is 129 Å². The summed E-state index contributed by atoms with van der Waals surface area (Å²) in [6.07, 6.45) is 4.24. The lowest BCUT2D eigenvalue weighted by molar-refractivity contribution is -0.153. The number of nitrogens with zero attached hydrogens (tertiary/aromatic N) is 2. The number of benzene rings is 4. The van der Waals surface area contributed by atoms with E-state index in [2.05, 4.69) is 47.3 Å². The number of nitrogens with one attached hydrogen (secondary N) is 9. The molecule has 4 aliphatic heterocycles. The molecule has 28 heteroatoms. The first kappa shape index (κ1) is 66.4. The highest BCUT2D eigenvalue weighted by Gasteiger charge is 2.29. The van der Waals surface area contributed by atoms with Crippen LogP contribution >= 0.6 is 0 Å². The number of aromatic hydroxyl groups is 4. The summed E-state index contributed by atoms with van der Waals surface area (Å²) >= 11 is 0. The number of allylic oxidation sites excluding steroid dienone is 2. The van der Waals surface area contributed by atoms with Gasteiger partial charge in [0.25, 0.3) is 47.3 Å². The van der Waals surface area contributed by atoms with Gasteiger partial charge in [-0.25, -0.2) is 8.42 Å². The van der Waals surface area contributed by atoms with Crippen molar-refractivity contribution in [2.75, 3.05) is 98.2 Å². The molecule has 0 aromatic heterocycles. The Morgan fingerprint density at radius 2 is 0.716 bits per heavy atom. The molecule has 2 atom stereocenters. The molecule has 8 rings (SSSR count). The van der Waals surface area contributed by atoms with Gasteiger partial charge >= 0.3 is 5.97 Å². The van der Waals surface area contributed by atoms with Crippen molar-refractivity contribution >= 4 is 63.3 Å².